The fourth-order valence-electron chi connectivity index (χ4n) is 9.58. The van der Waals surface area contributed by atoms with Gasteiger partial charge in [0.25, 0.3) is 0 Å². The second-order valence-corrected chi connectivity index (χ2v) is 22.2. The van der Waals surface area contributed by atoms with Gasteiger partial charge in [0, 0.05) is 18.4 Å². The largest absolute Gasteiger partial charge is 0.465 e. The molecular formula is C66H121NO4. The molecule has 0 aliphatic carbocycles. The van der Waals surface area contributed by atoms with Gasteiger partial charge in [-0.2, -0.15) is 0 Å². The van der Waals surface area contributed by atoms with Gasteiger partial charge >= 0.3 is 5.97 Å². The summed E-state index contributed by atoms with van der Waals surface area (Å²) in [6, 6.07) is 0. The molecule has 0 heterocycles. The lowest BCUT2D eigenvalue weighted by Gasteiger charge is -2.45. The highest BCUT2D eigenvalue weighted by Gasteiger charge is 2.46. The van der Waals surface area contributed by atoms with Crippen molar-refractivity contribution in [3.8, 4) is 0 Å². The first-order chi connectivity index (χ1) is 34.6. The van der Waals surface area contributed by atoms with Gasteiger partial charge in [-0.25, -0.2) is 0 Å². The summed E-state index contributed by atoms with van der Waals surface area (Å²) in [5.74, 6) is -0.150. The quantitative estimate of drug-likeness (QED) is 0.0374. The molecule has 0 bridgehead atoms. The van der Waals surface area contributed by atoms with Gasteiger partial charge in [0.05, 0.1) is 18.3 Å². The van der Waals surface area contributed by atoms with Crippen molar-refractivity contribution in [2.45, 2.75) is 303 Å². The van der Waals surface area contributed by atoms with Crippen molar-refractivity contribution in [3.05, 3.63) is 72.9 Å². The minimum Gasteiger partial charge on any atom is -0.465 e. The number of rotatable bonds is 54. The van der Waals surface area contributed by atoms with Crippen molar-refractivity contribution in [1.82, 2.24) is 4.90 Å². The van der Waals surface area contributed by atoms with E-state index in [1.54, 1.807) is 0 Å². The predicted molar refractivity (Wildman–Crippen MR) is 315 cm³/mol. The number of hydrogen-bond donors (Lipinski definition) is 1. The number of nitrogens with zero attached hydrogens (tertiary/aromatic N) is 1. The molecule has 0 amide bonds. The third-order valence-electron chi connectivity index (χ3n) is 14.0. The number of unbranched alkanes of at least 4 members (excludes halogenated alkanes) is 27. The van der Waals surface area contributed by atoms with Gasteiger partial charge in [-0.1, -0.05) is 236 Å². The van der Waals surface area contributed by atoms with E-state index in [1.807, 2.05) is 14.1 Å². The fourth-order valence-corrected chi connectivity index (χ4v) is 9.58. The zero-order chi connectivity index (χ0) is 52.0. The Labute approximate surface area is 443 Å². The van der Waals surface area contributed by atoms with E-state index >= 15 is 0 Å². The van der Waals surface area contributed by atoms with Gasteiger partial charge in [-0.3, -0.25) is 4.79 Å². The number of hydrogen-bond acceptors (Lipinski definition) is 5. The molecule has 1 atom stereocenters. The van der Waals surface area contributed by atoms with Gasteiger partial charge in [0.2, 0.25) is 0 Å². The number of ether oxygens (including phenoxy) is 2. The van der Waals surface area contributed by atoms with E-state index in [2.05, 4.69) is 112 Å². The number of carbonyl (C=O) groups is 1. The highest BCUT2D eigenvalue weighted by molar-refractivity contribution is 5.69. The highest BCUT2D eigenvalue weighted by atomic mass is 16.5. The second-order valence-electron chi connectivity index (χ2n) is 22.2. The van der Waals surface area contributed by atoms with Crippen molar-refractivity contribution < 1.29 is 19.4 Å². The minimum absolute atomic E-state index is 0.150. The fraction of sp³-hybridized carbons (Fsp3) is 0.803. The van der Waals surface area contributed by atoms with Crippen LogP contribution in [0.2, 0.25) is 0 Å². The maximum Gasteiger partial charge on any atom is 0.305 e. The lowest BCUT2D eigenvalue weighted by Crippen LogP contribution is -2.54. The van der Waals surface area contributed by atoms with Crippen molar-refractivity contribution in [2.75, 3.05) is 33.9 Å². The van der Waals surface area contributed by atoms with E-state index in [1.165, 1.54) is 173 Å². The minimum atomic E-state index is -0.969. The molecular weight excluding hydrogens is 871 g/mol. The van der Waals surface area contributed by atoms with Crippen LogP contribution in [0.3, 0.4) is 0 Å². The van der Waals surface area contributed by atoms with Crippen LogP contribution in [0, 0.1) is 5.41 Å². The Balaban J connectivity index is 5.43. The van der Waals surface area contributed by atoms with Gasteiger partial charge in [-0.15, -0.1) is 0 Å². The molecule has 0 aromatic carbocycles. The Morgan fingerprint density at radius 1 is 0.451 bits per heavy atom. The Morgan fingerprint density at radius 2 is 0.775 bits per heavy atom. The molecule has 0 aromatic rings. The Morgan fingerprint density at radius 3 is 1.13 bits per heavy atom. The molecule has 5 nitrogen and oxygen atoms in total. The van der Waals surface area contributed by atoms with E-state index in [0.717, 1.165) is 83.6 Å². The predicted octanol–water partition coefficient (Wildman–Crippen LogP) is 20.2. The van der Waals surface area contributed by atoms with Crippen LogP contribution in [0.5, 0.6) is 0 Å². The molecule has 71 heavy (non-hydrogen) atoms. The van der Waals surface area contributed by atoms with Gasteiger partial charge in [0.1, 0.15) is 0 Å². The molecule has 414 valence electrons. The third-order valence-corrected chi connectivity index (χ3v) is 14.0. The molecule has 0 saturated carbocycles. The molecule has 0 aliphatic rings. The van der Waals surface area contributed by atoms with Crippen LogP contribution in [0.1, 0.15) is 291 Å². The van der Waals surface area contributed by atoms with Crippen LogP contribution in [0.15, 0.2) is 72.9 Å². The SMILES string of the molecule is CCCCCC=CCC=CCCCCCCCCOC(C(C)(C)COC(=O)CCCN(C)C)C(O)(CCCCCCCCC=CCC=CCCCCC)CCCCCCCCC=CCC=CCCCCC. The molecule has 0 radical (unpaired) electrons. The summed E-state index contributed by atoms with van der Waals surface area (Å²) in [5, 5.41) is 12.9. The monoisotopic (exact) mass is 992 g/mol. The van der Waals surface area contributed by atoms with Crippen LogP contribution in [-0.4, -0.2) is 61.5 Å². The first kappa shape index (κ1) is 68.8. The van der Waals surface area contributed by atoms with Crippen LogP contribution in [0.25, 0.3) is 0 Å². The standard InChI is InChI=1S/C66H121NO4/c1-8-11-14-17-20-23-26-29-32-35-38-41-44-47-50-53-58-66(69,59-54-51-48-45-42-39-36-33-30-27-24-21-18-15-12-9-2)64(65(4,5)62-71-63(68)57-56-60-67(6)7)70-61-55-52-49-46-43-40-37-34-31-28-25-22-19-16-13-10-3/h20-25,29-34,64,69H,8-19,26-28,35-62H2,1-7H3. The Hall–Kier alpha value is -2.21. The van der Waals surface area contributed by atoms with Crippen molar-refractivity contribution in [2.24, 2.45) is 5.41 Å². The van der Waals surface area contributed by atoms with E-state index in [0.29, 0.717) is 13.0 Å². The second kappa shape index (κ2) is 52.6. The number of aliphatic hydroxyl groups is 1. The smallest absolute Gasteiger partial charge is 0.305 e. The van der Waals surface area contributed by atoms with Gasteiger partial charge < -0.3 is 19.5 Å². The van der Waals surface area contributed by atoms with Crippen molar-refractivity contribution in [1.29, 1.82) is 0 Å². The van der Waals surface area contributed by atoms with Gasteiger partial charge in [0.15, 0.2) is 0 Å². The summed E-state index contributed by atoms with van der Waals surface area (Å²) >= 11 is 0. The zero-order valence-corrected chi connectivity index (χ0v) is 48.5. The third kappa shape index (κ3) is 47.3. The number of esters is 1. The van der Waals surface area contributed by atoms with E-state index in [-0.39, 0.29) is 12.6 Å². The molecule has 0 fully saturated rings. The van der Waals surface area contributed by atoms with Crippen LogP contribution in [-0.2, 0) is 14.3 Å². The lowest BCUT2D eigenvalue weighted by atomic mass is 9.72. The highest BCUT2D eigenvalue weighted by Crippen LogP contribution is 2.39. The van der Waals surface area contributed by atoms with Crippen molar-refractivity contribution >= 4 is 5.97 Å². The summed E-state index contributed by atoms with van der Waals surface area (Å²) < 4.78 is 12.9. The first-order valence-corrected chi connectivity index (χ1v) is 30.7. The summed E-state index contributed by atoms with van der Waals surface area (Å²) in [6.07, 6.45) is 73.8. The average molecular weight is 993 g/mol. The number of allylic oxidation sites excluding steroid dienone is 12. The normalized spacial score (nSPS) is 14.0. The first-order valence-electron chi connectivity index (χ1n) is 30.7. The zero-order valence-electron chi connectivity index (χ0n) is 48.5. The Kier molecular flexibility index (Phi) is 51.0. The van der Waals surface area contributed by atoms with Gasteiger partial charge in [-0.05, 0) is 143 Å². The molecule has 0 saturated heterocycles. The van der Waals surface area contributed by atoms with Crippen LogP contribution in [0.4, 0.5) is 0 Å². The lowest BCUT2D eigenvalue weighted by molar-refractivity contribution is -0.183. The molecule has 0 rings (SSSR count). The molecule has 1 unspecified atom stereocenters. The summed E-state index contributed by atoms with van der Waals surface area (Å²) in [4.78, 5) is 15.1. The summed E-state index contributed by atoms with van der Waals surface area (Å²) in [7, 11) is 4.08. The van der Waals surface area contributed by atoms with Crippen molar-refractivity contribution in [3.63, 3.8) is 0 Å². The molecule has 0 aliphatic heterocycles. The molecule has 5 heteroatoms. The molecule has 0 aromatic heterocycles. The summed E-state index contributed by atoms with van der Waals surface area (Å²) in [5.41, 5.74) is -1.50. The Bertz CT molecular complexity index is 1260. The average Bonchev–Trinajstić information content (AvgIpc) is 3.35. The van der Waals surface area contributed by atoms with E-state index < -0.39 is 17.1 Å². The molecule has 0 spiro atoms. The molecule has 1 N–H and O–H groups in total. The topological polar surface area (TPSA) is 59.0 Å². The maximum absolute atomic E-state index is 13.0. The summed E-state index contributed by atoms with van der Waals surface area (Å²) in [6.45, 7) is 12.9. The van der Waals surface area contributed by atoms with Crippen LogP contribution >= 0.6 is 0 Å². The van der Waals surface area contributed by atoms with Crippen LogP contribution < -0.4 is 0 Å². The number of carbonyl (C=O) groups excluding carboxylic acids is 1. The van der Waals surface area contributed by atoms with E-state index in [4.69, 9.17) is 9.47 Å². The van der Waals surface area contributed by atoms with E-state index in [9.17, 15) is 9.90 Å². The maximum atomic E-state index is 13.0.